The minimum Gasteiger partial charge on any atom is -0.463 e. The highest BCUT2D eigenvalue weighted by molar-refractivity contribution is 7.98. The number of hydrogen-bond acceptors (Lipinski definition) is 6. The van der Waals surface area contributed by atoms with Crippen LogP contribution in [0.5, 0.6) is 0 Å². The van der Waals surface area contributed by atoms with Gasteiger partial charge in [-0.25, -0.2) is 4.39 Å². The van der Waals surface area contributed by atoms with Crippen molar-refractivity contribution in [2.24, 2.45) is 0 Å². The summed E-state index contributed by atoms with van der Waals surface area (Å²) in [6.45, 7) is 1.32. The molecule has 0 saturated carbocycles. The fraction of sp³-hybridized carbons (Fsp3) is 0.227. The molecule has 3 rings (SSSR count). The molecule has 0 atom stereocenters. The van der Waals surface area contributed by atoms with E-state index in [1.165, 1.54) is 12.1 Å². The van der Waals surface area contributed by atoms with Crippen LogP contribution in [0.3, 0.4) is 0 Å². The van der Waals surface area contributed by atoms with Crippen molar-refractivity contribution in [3.8, 4) is 0 Å². The molecular weight excluding hydrogens is 409 g/mol. The van der Waals surface area contributed by atoms with Crippen LogP contribution in [0.2, 0.25) is 0 Å². The predicted octanol–water partition coefficient (Wildman–Crippen LogP) is 5.02. The van der Waals surface area contributed by atoms with E-state index in [1.807, 2.05) is 43.5 Å². The van der Waals surface area contributed by atoms with E-state index in [1.54, 1.807) is 17.8 Å². The quantitative estimate of drug-likeness (QED) is 0.193. The van der Waals surface area contributed by atoms with Crippen LogP contribution in [0.15, 0.2) is 52.9 Å². The Labute approximate surface area is 177 Å². The average molecular weight is 429 g/mol. The van der Waals surface area contributed by atoms with Crippen molar-refractivity contribution in [2.75, 3.05) is 19.5 Å². The number of fused-ring (bicyclic) bond motifs is 1. The number of benzene rings is 2. The maximum atomic E-state index is 13.9. The lowest BCUT2D eigenvalue weighted by Gasteiger charge is -2.07. The smallest absolute Gasteiger partial charge is 0.310 e. The van der Waals surface area contributed by atoms with E-state index >= 15 is 0 Å². The molecule has 6 nitrogen and oxygen atoms in total. The van der Waals surface area contributed by atoms with Gasteiger partial charge in [-0.1, -0.05) is 18.2 Å². The van der Waals surface area contributed by atoms with E-state index < -0.39 is 16.9 Å². The first-order valence-corrected chi connectivity index (χ1v) is 10.4. The van der Waals surface area contributed by atoms with Gasteiger partial charge >= 0.3 is 5.97 Å². The number of carbonyl (C=O) groups excluding carboxylic acids is 1. The zero-order valence-electron chi connectivity index (χ0n) is 16.5. The average Bonchev–Trinajstić information content (AvgIpc) is 2.97. The molecule has 0 saturated heterocycles. The number of nitrogens with zero attached hydrogens (tertiary/aromatic N) is 1. The van der Waals surface area contributed by atoms with E-state index in [0.29, 0.717) is 11.1 Å². The zero-order chi connectivity index (χ0) is 21.7. The molecule has 0 radical (unpaired) electrons. The Morgan fingerprint density at radius 2 is 1.90 bits per heavy atom. The molecule has 0 aliphatic heterocycles. The van der Waals surface area contributed by atoms with Crippen molar-refractivity contribution in [3.63, 3.8) is 0 Å². The van der Waals surface area contributed by atoms with Crippen LogP contribution in [0, 0.1) is 15.9 Å². The lowest BCUT2D eigenvalue weighted by atomic mass is 10.0. The Kier molecular flexibility index (Phi) is 6.89. The molecule has 0 aromatic heterocycles. The highest BCUT2D eigenvalue weighted by Gasteiger charge is 2.26. The van der Waals surface area contributed by atoms with Crippen molar-refractivity contribution >= 4 is 35.0 Å². The number of ether oxygens (including phenoxy) is 1. The fourth-order valence-corrected chi connectivity index (χ4v) is 3.72. The van der Waals surface area contributed by atoms with Crippen LogP contribution >= 0.6 is 11.8 Å². The SMILES string of the molecule is CSc1ccc(/C=C2/C(C)=C(CC(=O)OCCO[N+](=O)[O-])c3cc(F)ccc32)cc1. The van der Waals surface area contributed by atoms with E-state index in [9.17, 15) is 19.3 Å². The molecule has 0 spiro atoms. The van der Waals surface area contributed by atoms with Gasteiger partial charge in [-0.2, -0.15) is 0 Å². The highest BCUT2D eigenvalue weighted by Crippen LogP contribution is 2.44. The number of esters is 1. The van der Waals surface area contributed by atoms with Gasteiger partial charge in [0.15, 0.2) is 0 Å². The topological polar surface area (TPSA) is 78.7 Å². The summed E-state index contributed by atoms with van der Waals surface area (Å²) in [7, 11) is 0. The van der Waals surface area contributed by atoms with Gasteiger partial charge in [-0.15, -0.1) is 21.9 Å². The van der Waals surface area contributed by atoms with Crippen molar-refractivity contribution in [2.45, 2.75) is 18.2 Å². The summed E-state index contributed by atoms with van der Waals surface area (Å²) in [4.78, 5) is 27.7. The number of carbonyl (C=O) groups is 1. The van der Waals surface area contributed by atoms with Gasteiger partial charge < -0.3 is 9.57 Å². The van der Waals surface area contributed by atoms with Gasteiger partial charge in [0.2, 0.25) is 0 Å². The van der Waals surface area contributed by atoms with Crippen molar-refractivity contribution in [1.29, 1.82) is 0 Å². The highest BCUT2D eigenvalue weighted by atomic mass is 32.2. The van der Waals surface area contributed by atoms with Crippen LogP contribution in [-0.2, 0) is 14.4 Å². The summed E-state index contributed by atoms with van der Waals surface area (Å²) in [5.41, 5.74) is 4.96. The minimum absolute atomic E-state index is 0.0660. The monoisotopic (exact) mass is 429 g/mol. The maximum Gasteiger partial charge on any atom is 0.310 e. The second kappa shape index (κ2) is 9.58. The summed E-state index contributed by atoms with van der Waals surface area (Å²) < 4.78 is 18.9. The molecule has 2 aromatic carbocycles. The number of allylic oxidation sites excluding steroid dienone is 2. The number of thioether (sulfide) groups is 1. The van der Waals surface area contributed by atoms with Gasteiger partial charge in [-0.05, 0) is 76.9 Å². The van der Waals surface area contributed by atoms with E-state index in [-0.39, 0.29) is 19.6 Å². The first kappa shape index (κ1) is 21.6. The van der Waals surface area contributed by atoms with Gasteiger partial charge in [-0.3, -0.25) is 4.79 Å². The molecule has 0 bridgehead atoms. The summed E-state index contributed by atoms with van der Waals surface area (Å²) >= 11 is 1.66. The first-order chi connectivity index (χ1) is 14.4. The Hall–Kier alpha value is -3.13. The molecule has 0 N–H and O–H groups in total. The van der Waals surface area contributed by atoms with Crippen molar-refractivity contribution < 1.29 is 23.8 Å². The summed E-state index contributed by atoms with van der Waals surface area (Å²) in [5.74, 6) is -0.950. The Morgan fingerprint density at radius 3 is 2.57 bits per heavy atom. The molecule has 156 valence electrons. The standard InChI is InChI=1S/C22H20FNO5S/c1-14-19(11-15-3-6-17(30-2)7-4-15)18-8-5-16(23)12-21(18)20(14)13-22(25)28-9-10-29-24(26)27/h3-8,11-12H,9-10,13H2,1-2H3/b19-11-. The Morgan fingerprint density at radius 1 is 1.17 bits per heavy atom. The van der Waals surface area contributed by atoms with Crippen molar-refractivity contribution in [3.05, 3.63) is 80.7 Å². The van der Waals surface area contributed by atoms with E-state index in [2.05, 4.69) is 4.84 Å². The second-order valence-corrected chi connectivity index (χ2v) is 7.46. The molecular formula is C22H20FNO5S. The molecule has 1 aliphatic rings. The van der Waals surface area contributed by atoms with Crippen LogP contribution in [0.1, 0.15) is 30.0 Å². The Balaban J connectivity index is 1.86. The van der Waals surface area contributed by atoms with Crippen LogP contribution in [0.4, 0.5) is 4.39 Å². The van der Waals surface area contributed by atoms with Gasteiger partial charge in [0.25, 0.3) is 5.09 Å². The van der Waals surface area contributed by atoms with Crippen molar-refractivity contribution in [1.82, 2.24) is 0 Å². The molecule has 0 unspecified atom stereocenters. The van der Waals surface area contributed by atoms with E-state index in [0.717, 1.165) is 27.2 Å². The largest absolute Gasteiger partial charge is 0.463 e. The van der Waals surface area contributed by atoms with Crippen LogP contribution in [-0.4, -0.2) is 30.5 Å². The van der Waals surface area contributed by atoms with Gasteiger partial charge in [0, 0.05) is 4.90 Å². The molecule has 8 heteroatoms. The lowest BCUT2D eigenvalue weighted by molar-refractivity contribution is -0.757. The van der Waals surface area contributed by atoms with E-state index in [4.69, 9.17) is 4.74 Å². The summed E-state index contributed by atoms with van der Waals surface area (Å²) in [6, 6.07) is 12.6. The first-order valence-electron chi connectivity index (χ1n) is 9.18. The summed E-state index contributed by atoms with van der Waals surface area (Å²) in [6.07, 6.45) is 3.96. The second-order valence-electron chi connectivity index (χ2n) is 6.58. The molecule has 2 aromatic rings. The third-order valence-corrected chi connectivity index (χ3v) is 5.49. The zero-order valence-corrected chi connectivity index (χ0v) is 17.3. The molecule has 1 aliphatic carbocycles. The van der Waals surface area contributed by atoms with Gasteiger partial charge in [0.1, 0.15) is 19.0 Å². The fourth-order valence-electron chi connectivity index (χ4n) is 3.31. The number of hydrogen-bond donors (Lipinski definition) is 0. The molecule has 30 heavy (non-hydrogen) atoms. The molecule has 0 fully saturated rings. The summed E-state index contributed by atoms with van der Waals surface area (Å²) in [5, 5.41) is 9.20. The number of halogens is 1. The predicted molar refractivity (Wildman–Crippen MR) is 114 cm³/mol. The normalized spacial score (nSPS) is 14.0. The van der Waals surface area contributed by atoms with Crippen LogP contribution < -0.4 is 0 Å². The molecule has 0 amide bonds. The lowest BCUT2D eigenvalue weighted by Crippen LogP contribution is -2.13. The third-order valence-electron chi connectivity index (χ3n) is 4.74. The Bertz CT molecular complexity index is 1030. The minimum atomic E-state index is -0.945. The maximum absolute atomic E-state index is 13.9. The third kappa shape index (κ3) is 5.07. The van der Waals surface area contributed by atoms with Crippen LogP contribution in [0.25, 0.3) is 17.2 Å². The molecule has 0 heterocycles. The van der Waals surface area contributed by atoms with Gasteiger partial charge in [0.05, 0.1) is 6.42 Å². The number of rotatable bonds is 8.